The Bertz CT molecular complexity index is 1320. The summed E-state index contributed by atoms with van der Waals surface area (Å²) >= 11 is 0. The minimum Gasteiger partial charge on any atom is -0.478 e. The van der Waals surface area contributed by atoms with Crippen LogP contribution in [0.5, 0.6) is 5.75 Å². The molecular weight excluding hydrogens is 547 g/mol. The van der Waals surface area contributed by atoms with Crippen LogP contribution >= 0.6 is 0 Å². The van der Waals surface area contributed by atoms with E-state index in [4.69, 9.17) is 14.0 Å². The first-order chi connectivity index (χ1) is 20.2. The fraction of sp³-hybridized carbons (Fsp3) is 0.576. The van der Waals surface area contributed by atoms with Crippen LogP contribution in [-0.2, 0) is 9.31 Å². The van der Waals surface area contributed by atoms with Crippen LogP contribution in [0.1, 0.15) is 94.4 Å². The maximum atomic E-state index is 11.7. The molecule has 2 heterocycles. The molecule has 232 valence electrons. The van der Waals surface area contributed by atoms with E-state index in [2.05, 4.69) is 75.6 Å². The summed E-state index contributed by atoms with van der Waals surface area (Å²) in [4.78, 5) is 28.1. The molecule has 5 rings (SSSR count). The number of hydrogen-bond donors (Lipinski definition) is 2. The van der Waals surface area contributed by atoms with Gasteiger partial charge in [-0.2, -0.15) is 0 Å². The lowest BCUT2D eigenvalue weighted by atomic mass is 9.79. The zero-order chi connectivity index (χ0) is 31.2. The van der Waals surface area contributed by atoms with E-state index in [1.165, 1.54) is 17.8 Å². The Morgan fingerprint density at radius 1 is 0.953 bits per heavy atom. The molecule has 3 aliphatic rings. The first-order valence-electron chi connectivity index (χ1n) is 15.5. The van der Waals surface area contributed by atoms with Gasteiger partial charge < -0.3 is 29.2 Å². The molecule has 0 radical (unpaired) electrons. The van der Waals surface area contributed by atoms with Crippen molar-refractivity contribution in [2.24, 2.45) is 5.92 Å². The number of carbonyl (C=O) groups is 2. The second kappa shape index (κ2) is 11.8. The molecule has 2 saturated heterocycles. The standard InChI is InChI=1S/C33H45BN2O7/c1-22(2)36(33(16-7-17-33)41-26-12-13-27(29(37)38)28(20-26)30(39)40)21-23-14-18-35(19-15-23)25-10-8-24(9-11-25)34-42-31(3,4)32(5,6)43-34/h8-13,20,22-23H,7,14-19,21H2,1-6H3,(H,37,38)(H,39,40). The van der Waals surface area contributed by atoms with E-state index in [0.29, 0.717) is 11.7 Å². The highest BCUT2D eigenvalue weighted by atomic mass is 16.7. The molecule has 0 bridgehead atoms. The number of carboxylic acids is 2. The fourth-order valence-electron chi connectivity index (χ4n) is 6.42. The first-order valence-corrected chi connectivity index (χ1v) is 15.5. The second-order valence-electron chi connectivity index (χ2n) is 13.6. The van der Waals surface area contributed by atoms with Crippen LogP contribution < -0.4 is 15.1 Å². The lowest BCUT2D eigenvalue weighted by Crippen LogP contribution is -2.61. The van der Waals surface area contributed by atoms with E-state index < -0.39 is 17.7 Å². The van der Waals surface area contributed by atoms with Gasteiger partial charge in [-0.05, 0) is 103 Å². The molecule has 0 atom stereocenters. The summed E-state index contributed by atoms with van der Waals surface area (Å²) in [7, 11) is -0.362. The van der Waals surface area contributed by atoms with E-state index in [0.717, 1.165) is 57.2 Å². The Hall–Kier alpha value is -3.08. The van der Waals surface area contributed by atoms with Crippen molar-refractivity contribution >= 4 is 30.2 Å². The maximum absolute atomic E-state index is 11.7. The van der Waals surface area contributed by atoms with Gasteiger partial charge in [0, 0.05) is 44.2 Å². The average molecular weight is 593 g/mol. The number of anilines is 1. The summed E-state index contributed by atoms with van der Waals surface area (Å²) in [6, 6.07) is 13.0. The molecule has 0 aromatic heterocycles. The SMILES string of the molecule is CC(C)N(CC1CCN(c2ccc(B3OC(C)(C)C(C)(C)O3)cc2)CC1)C1(Oc2ccc(C(=O)O)c(C(=O)O)c2)CCC1. The van der Waals surface area contributed by atoms with Crippen LogP contribution in [0.25, 0.3) is 0 Å². The van der Waals surface area contributed by atoms with Crippen LogP contribution in [0.3, 0.4) is 0 Å². The summed E-state index contributed by atoms with van der Waals surface area (Å²) in [6.45, 7) is 15.5. The van der Waals surface area contributed by atoms with E-state index in [-0.39, 0.29) is 35.5 Å². The van der Waals surface area contributed by atoms with E-state index in [1.807, 2.05) is 0 Å². The highest BCUT2D eigenvalue weighted by molar-refractivity contribution is 6.62. The molecule has 3 fully saturated rings. The second-order valence-corrected chi connectivity index (χ2v) is 13.6. The van der Waals surface area contributed by atoms with Gasteiger partial charge >= 0.3 is 19.1 Å². The van der Waals surface area contributed by atoms with Crippen molar-refractivity contribution in [3.63, 3.8) is 0 Å². The lowest BCUT2D eigenvalue weighted by molar-refractivity contribution is -0.159. The molecular formula is C33H45BN2O7. The van der Waals surface area contributed by atoms with Crippen LogP contribution in [0.15, 0.2) is 42.5 Å². The molecule has 1 aliphatic carbocycles. The summed E-state index contributed by atoms with van der Waals surface area (Å²) in [5.41, 5.74) is 0.496. The number of carboxylic acid groups (broad SMARTS) is 2. The molecule has 2 aliphatic heterocycles. The summed E-state index contributed by atoms with van der Waals surface area (Å²) in [6.07, 6.45) is 4.86. The normalized spacial score (nSPS) is 21.2. The number of nitrogens with zero attached hydrogens (tertiary/aromatic N) is 2. The number of ether oxygens (including phenoxy) is 1. The zero-order valence-electron chi connectivity index (χ0n) is 26.3. The van der Waals surface area contributed by atoms with Crippen molar-refractivity contribution in [3.8, 4) is 5.75 Å². The molecule has 43 heavy (non-hydrogen) atoms. The third-order valence-corrected chi connectivity index (χ3v) is 9.89. The highest BCUT2D eigenvalue weighted by Gasteiger charge is 2.52. The molecule has 2 N–H and O–H groups in total. The average Bonchev–Trinajstić information content (AvgIpc) is 3.16. The Morgan fingerprint density at radius 2 is 1.53 bits per heavy atom. The van der Waals surface area contributed by atoms with Crippen molar-refractivity contribution in [2.45, 2.75) is 96.6 Å². The minimum atomic E-state index is -1.28. The quantitative estimate of drug-likeness (QED) is 0.282. The Labute approximate surface area is 255 Å². The molecule has 2 aromatic rings. The summed E-state index contributed by atoms with van der Waals surface area (Å²) in [5, 5.41) is 19.0. The molecule has 2 aromatic carbocycles. The van der Waals surface area contributed by atoms with E-state index >= 15 is 0 Å². The predicted octanol–water partition coefficient (Wildman–Crippen LogP) is 5.27. The zero-order valence-corrected chi connectivity index (χ0v) is 26.3. The van der Waals surface area contributed by atoms with Crippen molar-refractivity contribution in [1.29, 1.82) is 0 Å². The van der Waals surface area contributed by atoms with Crippen LogP contribution in [0, 0.1) is 5.92 Å². The number of piperidine rings is 1. The van der Waals surface area contributed by atoms with Gasteiger partial charge in [0.2, 0.25) is 0 Å². The van der Waals surface area contributed by atoms with Crippen LogP contribution in [0.4, 0.5) is 5.69 Å². The van der Waals surface area contributed by atoms with Gasteiger partial charge in [-0.25, -0.2) is 9.59 Å². The third kappa shape index (κ3) is 6.28. The molecule has 10 heteroatoms. The number of hydrogen-bond acceptors (Lipinski definition) is 7. The van der Waals surface area contributed by atoms with Crippen LogP contribution in [-0.4, -0.2) is 76.8 Å². The fourth-order valence-corrected chi connectivity index (χ4v) is 6.42. The number of aromatic carboxylic acids is 2. The van der Waals surface area contributed by atoms with Gasteiger partial charge in [0.15, 0.2) is 5.72 Å². The molecule has 0 amide bonds. The lowest BCUT2D eigenvalue weighted by Gasteiger charge is -2.53. The van der Waals surface area contributed by atoms with Gasteiger partial charge in [-0.15, -0.1) is 0 Å². The predicted molar refractivity (Wildman–Crippen MR) is 167 cm³/mol. The molecule has 1 saturated carbocycles. The molecule has 9 nitrogen and oxygen atoms in total. The Morgan fingerprint density at radius 3 is 2.02 bits per heavy atom. The number of rotatable bonds is 10. The highest BCUT2D eigenvalue weighted by Crippen LogP contribution is 2.42. The Balaban J connectivity index is 1.21. The molecule has 0 unspecified atom stereocenters. The van der Waals surface area contributed by atoms with Crippen molar-refractivity contribution in [1.82, 2.24) is 4.90 Å². The van der Waals surface area contributed by atoms with Gasteiger partial charge in [0.25, 0.3) is 0 Å². The third-order valence-electron chi connectivity index (χ3n) is 9.89. The summed E-state index contributed by atoms with van der Waals surface area (Å²) < 4.78 is 19.0. The van der Waals surface area contributed by atoms with Gasteiger partial charge in [-0.3, -0.25) is 4.90 Å². The largest absolute Gasteiger partial charge is 0.494 e. The Kier molecular flexibility index (Phi) is 8.59. The monoisotopic (exact) mass is 592 g/mol. The van der Waals surface area contributed by atoms with E-state index in [1.54, 1.807) is 6.07 Å². The smallest absolute Gasteiger partial charge is 0.478 e. The van der Waals surface area contributed by atoms with Gasteiger partial charge in [0.1, 0.15) is 5.75 Å². The minimum absolute atomic E-state index is 0.234. The van der Waals surface area contributed by atoms with Crippen molar-refractivity contribution in [3.05, 3.63) is 53.6 Å². The molecule has 0 spiro atoms. The summed E-state index contributed by atoms with van der Waals surface area (Å²) in [5.74, 6) is -1.64. The topological polar surface area (TPSA) is 109 Å². The van der Waals surface area contributed by atoms with Crippen LogP contribution in [0.2, 0.25) is 0 Å². The maximum Gasteiger partial charge on any atom is 0.494 e. The van der Waals surface area contributed by atoms with E-state index in [9.17, 15) is 19.8 Å². The number of benzene rings is 2. The van der Waals surface area contributed by atoms with Gasteiger partial charge in [-0.1, -0.05) is 12.1 Å². The van der Waals surface area contributed by atoms with Crippen molar-refractivity contribution < 1.29 is 33.8 Å². The van der Waals surface area contributed by atoms with Gasteiger partial charge in [0.05, 0.1) is 22.3 Å². The first kappa shape index (κ1) is 31.4. The van der Waals surface area contributed by atoms with Crippen molar-refractivity contribution in [2.75, 3.05) is 24.5 Å².